The van der Waals surface area contributed by atoms with Crippen LogP contribution in [0.15, 0.2) is 0 Å². The summed E-state index contributed by atoms with van der Waals surface area (Å²) in [4.78, 5) is 0. The minimum absolute atomic E-state index is 0. The van der Waals surface area contributed by atoms with Gasteiger partial charge in [-0.2, -0.15) is 0 Å². The van der Waals surface area contributed by atoms with Crippen LogP contribution in [0.1, 0.15) is 26.7 Å². The first-order valence-electron chi connectivity index (χ1n) is 3.99. The molecule has 4 nitrogen and oxygen atoms in total. The molecule has 0 aliphatic rings. The normalized spacial score (nSPS) is 13.4. The summed E-state index contributed by atoms with van der Waals surface area (Å²) >= 11 is 0. The Bertz CT molecular complexity index is 64.5. The molecule has 0 fully saturated rings. The van der Waals surface area contributed by atoms with E-state index in [9.17, 15) is 10.2 Å². The summed E-state index contributed by atoms with van der Waals surface area (Å²) < 4.78 is 8.69. The maximum absolute atomic E-state index is 10.0. The summed E-state index contributed by atoms with van der Waals surface area (Å²) in [6.07, 6.45) is -0.525. The Hall–Kier alpha value is 1.32. The molecular formula is C8H18O4Sr. The second-order valence-electron chi connectivity index (χ2n) is 2.15. The van der Waals surface area contributed by atoms with Crippen molar-refractivity contribution < 1.29 is 19.7 Å². The summed E-state index contributed by atoms with van der Waals surface area (Å²) in [5, 5.41) is 20.1. The van der Waals surface area contributed by atoms with Crippen LogP contribution in [-0.2, 0) is 9.47 Å². The monoisotopic (exact) mass is 266 g/mol. The van der Waals surface area contributed by atoms with Crippen molar-refractivity contribution in [3.05, 3.63) is 0 Å². The zero-order chi connectivity index (χ0) is 9.98. The molecule has 0 aliphatic carbocycles. The van der Waals surface area contributed by atoms with Gasteiger partial charge in [0.25, 0.3) is 0 Å². The molecule has 0 saturated heterocycles. The van der Waals surface area contributed by atoms with Crippen LogP contribution in [0.5, 0.6) is 0 Å². The van der Waals surface area contributed by atoms with Crippen molar-refractivity contribution in [3.8, 4) is 0 Å². The van der Waals surface area contributed by atoms with Gasteiger partial charge in [0, 0.05) is 14.2 Å². The molecule has 5 heteroatoms. The van der Waals surface area contributed by atoms with Crippen LogP contribution in [0.2, 0.25) is 0 Å². The average Bonchev–Trinajstić information content (AvgIpc) is 2.16. The predicted molar refractivity (Wildman–Crippen MR) is 47.9 cm³/mol. The molecule has 0 aromatic carbocycles. The zero-order valence-electron chi connectivity index (χ0n) is 8.91. The van der Waals surface area contributed by atoms with Gasteiger partial charge in [0.2, 0.25) is 0 Å². The van der Waals surface area contributed by atoms with Gasteiger partial charge in [-0.25, -0.2) is 0 Å². The van der Waals surface area contributed by atoms with E-state index in [0.29, 0.717) is 12.8 Å². The van der Waals surface area contributed by atoms with Gasteiger partial charge in [-0.05, 0) is 25.4 Å². The van der Waals surface area contributed by atoms with E-state index >= 15 is 0 Å². The first-order chi connectivity index (χ1) is 5.62. The van der Waals surface area contributed by atoms with Crippen LogP contribution in [-0.4, -0.2) is 72.3 Å². The molecule has 0 N–H and O–H groups in total. The molecular weight excluding hydrogens is 248 g/mol. The number of hydrogen-bond acceptors (Lipinski definition) is 4. The fourth-order valence-electron chi connectivity index (χ4n) is 0.333. The molecule has 0 rings (SSSR count). The van der Waals surface area contributed by atoms with E-state index < -0.39 is 12.6 Å². The Balaban J connectivity index is -0.000000143. The summed E-state index contributed by atoms with van der Waals surface area (Å²) in [6, 6.07) is 0. The van der Waals surface area contributed by atoms with Gasteiger partial charge >= 0.3 is 45.5 Å². The summed E-state index contributed by atoms with van der Waals surface area (Å²) in [7, 11) is 2.84. The van der Waals surface area contributed by atoms with Crippen LogP contribution >= 0.6 is 0 Å². The predicted octanol–water partition coefficient (Wildman–Crippen LogP) is -0.922. The van der Waals surface area contributed by atoms with Gasteiger partial charge in [0.15, 0.2) is 0 Å². The van der Waals surface area contributed by atoms with Crippen LogP contribution < -0.4 is 10.2 Å². The summed E-state index contributed by atoms with van der Waals surface area (Å²) in [5.74, 6) is 0. The Labute approximate surface area is 118 Å². The van der Waals surface area contributed by atoms with Crippen LogP contribution in [0, 0.1) is 0 Å². The first-order valence-corrected chi connectivity index (χ1v) is 3.99. The Kier molecular flexibility index (Phi) is 24.1. The first kappa shape index (κ1) is 19.8. The van der Waals surface area contributed by atoms with Gasteiger partial charge in [0.05, 0.1) is 0 Å². The van der Waals surface area contributed by atoms with E-state index in [4.69, 9.17) is 0 Å². The van der Waals surface area contributed by atoms with Gasteiger partial charge in [-0.1, -0.05) is 13.8 Å². The zero-order valence-corrected chi connectivity index (χ0v) is 12.4. The molecule has 0 spiro atoms. The van der Waals surface area contributed by atoms with E-state index in [1.807, 2.05) is 0 Å². The van der Waals surface area contributed by atoms with Crippen molar-refractivity contribution >= 4 is 45.5 Å². The number of hydrogen-bond donors (Lipinski definition) is 0. The Morgan fingerprint density at radius 2 is 1.15 bits per heavy atom. The molecule has 76 valence electrons. The molecule has 0 heterocycles. The van der Waals surface area contributed by atoms with Crippen LogP contribution in [0.25, 0.3) is 0 Å². The Morgan fingerprint density at radius 3 is 1.15 bits per heavy atom. The van der Waals surface area contributed by atoms with E-state index in [0.717, 1.165) is 0 Å². The van der Waals surface area contributed by atoms with Crippen molar-refractivity contribution in [2.45, 2.75) is 39.3 Å². The second-order valence-corrected chi connectivity index (χ2v) is 2.15. The van der Waals surface area contributed by atoms with Crippen molar-refractivity contribution in [2.75, 3.05) is 14.2 Å². The van der Waals surface area contributed by atoms with Crippen LogP contribution in [0.4, 0.5) is 0 Å². The maximum Gasteiger partial charge on any atom is 2.00 e. The molecule has 0 aromatic heterocycles. The second kappa shape index (κ2) is 15.8. The molecule has 0 aliphatic heterocycles. The third-order valence-electron chi connectivity index (χ3n) is 1.19. The summed E-state index contributed by atoms with van der Waals surface area (Å²) in [6.45, 7) is 3.59. The number of methoxy groups -OCH3 is 2. The third kappa shape index (κ3) is 19.7. The fourth-order valence-corrected chi connectivity index (χ4v) is 0.333. The average molecular weight is 266 g/mol. The van der Waals surface area contributed by atoms with Crippen LogP contribution in [0.3, 0.4) is 0 Å². The minimum Gasteiger partial charge on any atom is -0.831 e. The molecule has 0 amide bonds. The molecule has 0 bridgehead atoms. The maximum atomic E-state index is 10.0. The summed E-state index contributed by atoms with van der Waals surface area (Å²) in [5.41, 5.74) is 0. The van der Waals surface area contributed by atoms with Crippen molar-refractivity contribution in [3.63, 3.8) is 0 Å². The quantitative estimate of drug-likeness (QED) is 0.487. The molecule has 0 aromatic rings. The third-order valence-corrected chi connectivity index (χ3v) is 1.19. The van der Waals surface area contributed by atoms with E-state index in [1.54, 1.807) is 13.8 Å². The van der Waals surface area contributed by atoms with Gasteiger partial charge in [-0.15, -0.1) is 0 Å². The minimum atomic E-state index is -0.815. The van der Waals surface area contributed by atoms with E-state index in [-0.39, 0.29) is 45.5 Å². The fraction of sp³-hybridized carbons (Fsp3) is 1.00. The van der Waals surface area contributed by atoms with E-state index in [2.05, 4.69) is 9.47 Å². The molecule has 0 radical (unpaired) electrons. The largest absolute Gasteiger partial charge is 2.00 e. The topological polar surface area (TPSA) is 64.6 Å². The number of ether oxygens (including phenoxy) is 2. The van der Waals surface area contributed by atoms with Gasteiger partial charge in [0.1, 0.15) is 0 Å². The van der Waals surface area contributed by atoms with Crippen molar-refractivity contribution in [1.82, 2.24) is 0 Å². The molecule has 2 atom stereocenters. The molecule has 13 heavy (non-hydrogen) atoms. The SMILES string of the molecule is CCC([O-])OC.CCC([O-])OC.[Sr+2]. The molecule has 0 saturated carbocycles. The van der Waals surface area contributed by atoms with Crippen molar-refractivity contribution in [1.29, 1.82) is 0 Å². The number of rotatable bonds is 4. The smallest absolute Gasteiger partial charge is 0.831 e. The molecule has 2 unspecified atom stereocenters. The Morgan fingerprint density at radius 1 is 0.923 bits per heavy atom. The van der Waals surface area contributed by atoms with Gasteiger partial charge < -0.3 is 19.7 Å². The standard InChI is InChI=1S/2C4H9O2.Sr/c2*1-3-4(5)6-2;/h2*4H,3H2,1-2H3;/q2*-1;+2. The van der Waals surface area contributed by atoms with Gasteiger partial charge in [-0.3, -0.25) is 0 Å². The van der Waals surface area contributed by atoms with Crippen molar-refractivity contribution in [2.24, 2.45) is 0 Å². The van der Waals surface area contributed by atoms with E-state index in [1.165, 1.54) is 14.2 Å².